The van der Waals surface area contributed by atoms with E-state index in [4.69, 9.17) is 0 Å². The molecule has 0 unspecified atom stereocenters. The van der Waals surface area contributed by atoms with Crippen molar-refractivity contribution in [3.8, 4) is 0 Å². The van der Waals surface area contributed by atoms with Crippen molar-refractivity contribution in [3.63, 3.8) is 0 Å². The Morgan fingerprint density at radius 1 is 1.43 bits per heavy atom. The summed E-state index contributed by atoms with van der Waals surface area (Å²) in [4.78, 5) is 10.9. The first kappa shape index (κ1) is 11.2. The van der Waals surface area contributed by atoms with Crippen LogP contribution in [0.1, 0.15) is 45.4 Å². The van der Waals surface area contributed by atoms with Gasteiger partial charge in [-0.05, 0) is 18.9 Å². The normalized spacial score (nSPS) is 21.2. The van der Waals surface area contributed by atoms with Gasteiger partial charge in [-0.15, -0.1) is 0 Å². The highest BCUT2D eigenvalue weighted by molar-refractivity contribution is 5.92. The first-order valence-electron chi connectivity index (χ1n) is 5.70. The molecule has 0 aromatic rings. The Morgan fingerprint density at radius 3 is 2.93 bits per heavy atom. The second-order valence-corrected chi connectivity index (χ2v) is 3.97. The molecule has 1 rings (SSSR count). The molecule has 0 radical (unpaired) electrons. The summed E-state index contributed by atoms with van der Waals surface area (Å²) in [6, 6.07) is 0. The molecule has 1 aliphatic rings. The second-order valence-electron chi connectivity index (χ2n) is 3.97. The Morgan fingerprint density at radius 2 is 2.29 bits per heavy atom. The highest BCUT2D eigenvalue weighted by Crippen LogP contribution is 2.16. The Kier molecular flexibility index (Phi) is 5.28. The molecule has 1 nitrogen and oxygen atoms in total. The number of unbranched alkanes of at least 4 members (excludes halogenated alkanes) is 4. The lowest BCUT2D eigenvalue weighted by Crippen LogP contribution is -1.91. The summed E-state index contributed by atoms with van der Waals surface area (Å²) < 4.78 is 0. The zero-order valence-electron chi connectivity index (χ0n) is 9.04. The monoisotopic (exact) mass is 192 g/mol. The predicted octanol–water partition coefficient (Wildman–Crippen LogP) is 3.66. The average Bonchev–Trinajstić information content (AvgIpc) is 2.58. The van der Waals surface area contributed by atoms with Gasteiger partial charge in [-0.2, -0.15) is 0 Å². The SMILES string of the molecule is CCCCCC/C=C/[C@H]1C=CC(=O)C1. The van der Waals surface area contributed by atoms with Gasteiger partial charge in [0.1, 0.15) is 0 Å². The summed E-state index contributed by atoms with van der Waals surface area (Å²) >= 11 is 0. The summed E-state index contributed by atoms with van der Waals surface area (Å²) in [6.07, 6.45) is 15.2. The number of allylic oxidation sites excluding steroid dienone is 4. The second kappa shape index (κ2) is 6.58. The van der Waals surface area contributed by atoms with Crippen molar-refractivity contribution in [1.29, 1.82) is 0 Å². The van der Waals surface area contributed by atoms with Crippen molar-refractivity contribution in [2.24, 2.45) is 5.92 Å². The highest BCUT2D eigenvalue weighted by Gasteiger charge is 2.11. The van der Waals surface area contributed by atoms with Gasteiger partial charge in [-0.1, -0.05) is 44.4 Å². The smallest absolute Gasteiger partial charge is 0.156 e. The van der Waals surface area contributed by atoms with Crippen LogP contribution < -0.4 is 0 Å². The third kappa shape index (κ3) is 4.40. The number of hydrogen-bond acceptors (Lipinski definition) is 1. The van der Waals surface area contributed by atoms with Gasteiger partial charge < -0.3 is 0 Å². The van der Waals surface area contributed by atoms with E-state index in [9.17, 15) is 4.79 Å². The molecule has 1 aliphatic carbocycles. The molecule has 0 amide bonds. The lowest BCUT2D eigenvalue weighted by Gasteiger charge is -1.98. The molecule has 1 atom stereocenters. The van der Waals surface area contributed by atoms with Crippen molar-refractivity contribution in [3.05, 3.63) is 24.3 Å². The van der Waals surface area contributed by atoms with Gasteiger partial charge in [-0.25, -0.2) is 0 Å². The minimum Gasteiger partial charge on any atom is -0.295 e. The summed E-state index contributed by atoms with van der Waals surface area (Å²) in [6.45, 7) is 2.23. The van der Waals surface area contributed by atoms with E-state index in [1.807, 2.05) is 6.08 Å². The fourth-order valence-corrected chi connectivity index (χ4v) is 1.69. The molecular formula is C13H20O. The molecule has 0 saturated carbocycles. The molecule has 0 aliphatic heterocycles. The van der Waals surface area contributed by atoms with E-state index in [1.54, 1.807) is 6.08 Å². The summed E-state index contributed by atoms with van der Waals surface area (Å²) in [5, 5.41) is 0. The number of hydrogen-bond donors (Lipinski definition) is 0. The fourth-order valence-electron chi connectivity index (χ4n) is 1.69. The van der Waals surface area contributed by atoms with Crippen molar-refractivity contribution in [2.75, 3.05) is 0 Å². The zero-order valence-corrected chi connectivity index (χ0v) is 9.04. The maximum Gasteiger partial charge on any atom is 0.156 e. The maximum atomic E-state index is 10.9. The van der Waals surface area contributed by atoms with Crippen LogP contribution in [0, 0.1) is 5.92 Å². The standard InChI is InChI=1S/C13H20O/c1-2-3-4-5-6-7-8-12-9-10-13(14)11-12/h7-10,12H,2-6,11H2,1H3/b8-7+/t12-/m0/s1. The van der Waals surface area contributed by atoms with Crippen LogP contribution in [0.4, 0.5) is 0 Å². The Balaban J connectivity index is 2.03. The minimum atomic E-state index is 0.269. The van der Waals surface area contributed by atoms with Crippen molar-refractivity contribution < 1.29 is 4.79 Å². The first-order valence-corrected chi connectivity index (χ1v) is 5.70. The topological polar surface area (TPSA) is 17.1 Å². The zero-order chi connectivity index (χ0) is 10.2. The molecule has 0 saturated heterocycles. The van der Waals surface area contributed by atoms with Crippen molar-refractivity contribution in [2.45, 2.75) is 45.4 Å². The van der Waals surface area contributed by atoms with Crippen molar-refractivity contribution in [1.82, 2.24) is 0 Å². The summed E-state index contributed by atoms with van der Waals surface area (Å²) in [7, 11) is 0. The van der Waals surface area contributed by atoms with Crippen LogP contribution in [0.5, 0.6) is 0 Å². The van der Waals surface area contributed by atoms with E-state index in [1.165, 1.54) is 32.1 Å². The minimum absolute atomic E-state index is 0.269. The predicted molar refractivity (Wildman–Crippen MR) is 60.2 cm³/mol. The van der Waals surface area contributed by atoms with E-state index in [0.717, 1.165) is 0 Å². The summed E-state index contributed by atoms with van der Waals surface area (Å²) in [5.74, 6) is 0.652. The van der Waals surface area contributed by atoms with Crippen LogP contribution in [-0.2, 0) is 4.79 Å². The van der Waals surface area contributed by atoms with Crippen LogP contribution in [-0.4, -0.2) is 5.78 Å². The number of carbonyl (C=O) groups is 1. The molecule has 0 N–H and O–H groups in total. The van der Waals surface area contributed by atoms with E-state index >= 15 is 0 Å². The van der Waals surface area contributed by atoms with Gasteiger partial charge >= 0.3 is 0 Å². The molecule has 1 heteroatoms. The Bertz CT molecular complexity index is 225. The quantitative estimate of drug-likeness (QED) is 0.463. The largest absolute Gasteiger partial charge is 0.295 e. The number of rotatable bonds is 6. The number of carbonyl (C=O) groups excluding carboxylic acids is 1. The molecule has 14 heavy (non-hydrogen) atoms. The summed E-state index contributed by atoms with van der Waals surface area (Å²) in [5.41, 5.74) is 0. The average molecular weight is 192 g/mol. The molecule has 0 fully saturated rings. The van der Waals surface area contributed by atoms with Crippen LogP contribution in [0.25, 0.3) is 0 Å². The lowest BCUT2D eigenvalue weighted by molar-refractivity contribution is -0.114. The number of ketones is 1. The first-order chi connectivity index (χ1) is 6.83. The van der Waals surface area contributed by atoms with Crippen LogP contribution in [0.3, 0.4) is 0 Å². The Labute approximate surface area is 86.9 Å². The van der Waals surface area contributed by atoms with E-state index < -0.39 is 0 Å². The maximum absolute atomic E-state index is 10.9. The van der Waals surface area contributed by atoms with E-state index in [-0.39, 0.29) is 5.78 Å². The van der Waals surface area contributed by atoms with E-state index in [2.05, 4.69) is 19.1 Å². The molecule has 0 heterocycles. The van der Waals surface area contributed by atoms with Gasteiger partial charge in [0.15, 0.2) is 5.78 Å². The molecular weight excluding hydrogens is 172 g/mol. The van der Waals surface area contributed by atoms with Gasteiger partial charge in [0.2, 0.25) is 0 Å². The fraction of sp³-hybridized carbons (Fsp3) is 0.615. The molecule has 0 bridgehead atoms. The third-order valence-corrected chi connectivity index (χ3v) is 2.57. The molecule has 0 aromatic heterocycles. The van der Waals surface area contributed by atoms with Gasteiger partial charge in [0.05, 0.1) is 0 Å². The van der Waals surface area contributed by atoms with Gasteiger partial charge in [0, 0.05) is 12.3 Å². The van der Waals surface area contributed by atoms with Crippen molar-refractivity contribution >= 4 is 5.78 Å². The third-order valence-electron chi connectivity index (χ3n) is 2.57. The molecule has 0 aromatic carbocycles. The molecule has 0 spiro atoms. The highest BCUT2D eigenvalue weighted by atomic mass is 16.1. The van der Waals surface area contributed by atoms with Crippen LogP contribution in [0.2, 0.25) is 0 Å². The Hall–Kier alpha value is -0.850. The van der Waals surface area contributed by atoms with Gasteiger partial charge in [-0.3, -0.25) is 4.79 Å². The van der Waals surface area contributed by atoms with E-state index in [0.29, 0.717) is 12.3 Å². The lowest BCUT2D eigenvalue weighted by atomic mass is 10.1. The van der Waals surface area contributed by atoms with Gasteiger partial charge in [0.25, 0.3) is 0 Å². The molecule has 78 valence electrons. The van der Waals surface area contributed by atoms with Crippen LogP contribution in [0.15, 0.2) is 24.3 Å². The van der Waals surface area contributed by atoms with Crippen LogP contribution >= 0.6 is 0 Å².